The molecule has 0 unspecified atom stereocenters. The Balaban J connectivity index is 2.63. The van der Waals surface area contributed by atoms with E-state index in [1.165, 1.54) is 22.3 Å². The normalized spacial score (nSPS) is 11.5. The molecule has 2 rings (SSSR count). The molecule has 0 radical (unpaired) electrons. The van der Waals surface area contributed by atoms with Crippen LogP contribution in [0.15, 0.2) is 47.6 Å². The highest BCUT2D eigenvalue weighted by Gasteiger charge is 2.10. The van der Waals surface area contributed by atoms with E-state index < -0.39 is 0 Å². The number of rotatable bonds is 3. The molecule has 0 aliphatic heterocycles. The Labute approximate surface area is 114 Å². The van der Waals surface area contributed by atoms with Gasteiger partial charge in [-0.15, -0.1) is 0 Å². The largest absolute Gasteiger partial charge is 0.399 e. The molecule has 0 heterocycles. The minimum atomic E-state index is 0.888. The van der Waals surface area contributed by atoms with Crippen LogP contribution in [-0.2, 0) is 4.84 Å². The summed E-state index contributed by atoms with van der Waals surface area (Å²) in [4.78, 5) is 4.89. The molecule has 2 nitrogen and oxygen atoms in total. The van der Waals surface area contributed by atoms with Gasteiger partial charge < -0.3 is 4.84 Å². The van der Waals surface area contributed by atoms with Gasteiger partial charge in [-0.25, -0.2) is 0 Å². The summed E-state index contributed by atoms with van der Waals surface area (Å²) in [5.41, 5.74) is 6.97. The fourth-order valence-corrected chi connectivity index (χ4v) is 2.25. The maximum absolute atomic E-state index is 4.89. The van der Waals surface area contributed by atoms with Gasteiger partial charge in [0.15, 0.2) is 0 Å². The molecule has 0 aliphatic rings. The molecule has 0 spiro atoms. The molecule has 0 fully saturated rings. The van der Waals surface area contributed by atoms with E-state index in [0.717, 1.165) is 11.3 Å². The molecule has 0 amide bonds. The molecular formula is C17H19NO. The van der Waals surface area contributed by atoms with Crippen LogP contribution in [0.5, 0.6) is 0 Å². The van der Waals surface area contributed by atoms with Crippen LogP contribution in [0.25, 0.3) is 11.1 Å². The predicted molar refractivity (Wildman–Crippen MR) is 80.6 cm³/mol. The number of nitrogens with zero attached hydrogens (tertiary/aromatic N) is 1. The third-order valence-electron chi connectivity index (χ3n) is 3.23. The predicted octanol–water partition coefficient (Wildman–Crippen LogP) is 4.34. The minimum absolute atomic E-state index is 0.888. The van der Waals surface area contributed by atoms with Crippen molar-refractivity contribution in [1.29, 1.82) is 0 Å². The number of hydrogen-bond acceptors (Lipinski definition) is 2. The van der Waals surface area contributed by atoms with E-state index >= 15 is 0 Å². The second-order valence-electron chi connectivity index (χ2n) is 4.72. The van der Waals surface area contributed by atoms with Gasteiger partial charge in [0.1, 0.15) is 7.11 Å². The third-order valence-corrected chi connectivity index (χ3v) is 3.23. The first-order valence-electron chi connectivity index (χ1n) is 6.38. The fourth-order valence-electron chi connectivity index (χ4n) is 2.25. The monoisotopic (exact) mass is 253 g/mol. The van der Waals surface area contributed by atoms with Crippen LogP contribution in [0.2, 0.25) is 0 Å². The zero-order valence-electron chi connectivity index (χ0n) is 11.9. The van der Waals surface area contributed by atoms with Gasteiger partial charge in [0, 0.05) is 5.56 Å². The van der Waals surface area contributed by atoms with Crippen molar-refractivity contribution in [3.8, 4) is 11.1 Å². The van der Waals surface area contributed by atoms with Gasteiger partial charge in [0.25, 0.3) is 0 Å². The molecule has 2 aromatic rings. The molecule has 98 valence electrons. The van der Waals surface area contributed by atoms with Crippen LogP contribution >= 0.6 is 0 Å². The second-order valence-corrected chi connectivity index (χ2v) is 4.72. The average Bonchev–Trinajstić information content (AvgIpc) is 2.42. The number of hydrogen-bond donors (Lipinski definition) is 0. The van der Waals surface area contributed by atoms with Gasteiger partial charge in [-0.1, -0.05) is 53.2 Å². The van der Waals surface area contributed by atoms with E-state index in [1.807, 2.05) is 13.0 Å². The molecule has 0 saturated heterocycles. The van der Waals surface area contributed by atoms with Gasteiger partial charge in [0.2, 0.25) is 0 Å². The minimum Gasteiger partial charge on any atom is -0.399 e. The summed E-state index contributed by atoms with van der Waals surface area (Å²) in [5.74, 6) is 0. The van der Waals surface area contributed by atoms with E-state index in [2.05, 4.69) is 55.4 Å². The van der Waals surface area contributed by atoms with Crippen LogP contribution in [0.1, 0.15) is 23.6 Å². The Kier molecular flexibility index (Phi) is 4.00. The molecule has 0 bridgehead atoms. The number of oxime groups is 1. The van der Waals surface area contributed by atoms with E-state index in [4.69, 9.17) is 4.84 Å². The third kappa shape index (κ3) is 2.84. The van der Waals surface area contributed by atoms with Gasteiger partial charge in [-0.2, -0.15) is 0 Å². The number of aryl methyl sites for hydroxylation is 2. The first-order chi connectivity index (χ1) is 9.13. The van der Waals surface area contributed by atoms with Crippen molar-refractivity contribution in [2.45, 2.75) is 20.8 Å². The molecule has 2 heteroatoms. The smallest absolute Gasteiger partial charge is 0.106 e. The Hall–Kier alpha value is -2.09. The highest BCUT2D eigenvalue weighted by atomic mass is 16.6. The highest BCUT2D eigenvalue weighted by molar-refractivity contribution is 6.04. The number of benzene rings is 2. The van der Waals surface area contributed by atoms with Crippen molar-refractivity contribution in [2.75, 3.05) is 7.11 Å². The van der Waals surface area contributed by atoms with E-state index in [9.17, 15) is 0 Å². The van der Waals surface area contributed by atoms with Gasteiger partial charge in [0.05, 0.1) is 5.71 Å². The Morgan fingerprint density at radius 3 is 2.47 bits per heavy atom. The van der Waals surface area contributed by atoms with Gasteiger partial charge in [-0.05, 0) is 37.5 Å². The molecule has 0 N–H and O–H groups in total. The summed E-state index contributed by atoms with van der Waals surface area (Å²) < 4.78 is 0. The summed E-state index contributed by atoms with van der Waals surface area (Å²) in [6.45, 7) is 6.21. The van der Waals surface area contributed by atoms with Crippen LogP contribution < -0.4 is 0 Å². The molecule has 0 saturated carbocycles. The summed E-state index contributed by atoms with van der Waals surface area (Å²) in [6.07, 6.45) is 0. The van der Waals surface area contributed by atoms with Gasteiger partial charge >= 0.3 is 0 Å². The van der Waals surface area contributed by atoms with Gasteiger partial charge in [-0.3, -0.25) is 0 Å². The lowest BCUT2D eigenvalue weighted by Crippen LogP contribution is -1.99. The molecular weight excluding hydrogens is 234 g/mol. The standard InChI is InChI=1S/C17H19NO/c1-12-9-10-13(2)17(11-12)16-8-6-5-7-15(16)14(3)18-19-4/h5-11H,1-4H3/b18-14+. The molecule has 19 heavy (non-hydrogen) atoms. The maximum atomic E-state index is 4.89. The van der Waals surface area contributed by atoms with Crippen LogP contribution in [0, 0.1) is 13.8 Å². The lowest BCUT2D eigenvalue weighted by atomic mass is 9.93. The zero-order chi connectivity index (χ0) is 13.8. The topological polar surface area (TPSA) is 21.6 Å². The van der Waals surface area contributed by atoms with Crippen molar-refractivity contribution in [2.24, 2.45) is 5.16 Å². The first kappa shape index (κ1) is 13.3. The quantitative estimate of drug-likeness (QED) is 0.589. The van der Waals surface area contributed by atoms with Crippen molar-refractivity contribution in [1.82, 2.24) is 0 Å². The van der Waals surface area contributed by atoms with Crippen molar-refractivity contribution >= 4 is 5.71 Å². The average molecular weight is 253 g/mol. The Bertz CT molecular complexity index is 614. The maximum Gasteiger partial charge on any atom is 0.106 e. The molecule has 2 aromatic carbocycles. The Morgan fingerprint density at radius 1 is 1.00 bits per heavy atom. The molecule has 0 atom stereocenters. The van der Waals surface area contributed by atoms with E-state index in [-0.39, 0.29) is 0 Å². The fraction of sp³-hybridized carbons (Fsp3) is 0.235. The van der Waals surface area contributed by atoms with Crippen LogP contribution in [0.4, 0.5) is 0 Å². The van der Waals surface area contributed by atoms with Crippen LogP contribution in [0.3, 0.4) is 0 Å². The summed E-state index contributed by atoms with van der Waals surface area (Å²) in [6, 6.07) is 14.8. The molecule has 0 aliphatic carbocycles. The van der Waals surface area contributed by atoms with E-state index in [0.29, 0.717) is 0 Å². The van der Waals surface area contributed by atoms with Crippen molar-refractivity contribution < 1.29 is 4.84 Å². The zero-order valence-corrected chi connectivity index (χ0v) is 11.9. The summed E-state index contributed by atoms with van der Waals surface area (Å²) in [7, 11) is 1.57. The first-order valence-corrected chi connectivity index (χ1v) is 6.38. The van der Waals surface area contributed by atoms with Crippen LogP contribution in [-0.4, -0.2) is 12.8 Å². The van der Waals surface area contributed by atoms with E-state index in [1.54, 1.807) is 7.11 Å². The lowest BCUT2D eigenvalue weighted by Gasteiger charge is -2.12. The van der Waals surface area contributed by atoms with Crippen molar-refractivity contribution in [3.63, 3.8) is 0 Å². The van der Waals surface area contributed by atoms with Crippen molar-refractivity contribution in [3.05, 3.63) is 59.2 Å². The summed E-state index contributed by atoms with van der Waals surface area (Å²) >= 11 is 0. The summed E-state index contributed by atoms with van der Waals surface area (Å²) in [5, 5.41) is 4.05. The lowest BCUT2D eigenvalue weighted by molar-refractivity contribution is 0.213. The second kappa shape index (κ2) is 5.70. The highest BCUT2D eigenvalue weighted by Crippen LogP contribution is 2.28. The SMILES string of the molecule is CO/N=C(\C)c1ccccc1-c1cc(C)ccc1C. The Morgan fingerprint density at radius 2 is 1.74 bits per heavy atom. The molecule has 0 aromatic heterocycles.